The maximum atomic E-state index is 13.2. The number of hydrogen-bond acceptors (Lipinski definition) is 2. The van der Waals surface area contributed by atoms with Crippen LogP contribution in [0.3, 0.4) is 0 Å². The number of hydrogen-bond donors (Lipinski definition) is 2. The van der Waals surface area contributed by atoms with E-state index in [4.69, 9.17) is 5.11 Å². The molecule has 13 heavy (non-hydrogen) atoms. The van der Waals surface area contributed by atoms with Gasteiger partial charge in [0, 0.05) is 11.6 Å². The summed E-state index contributed by atoms with van der Waals surface area (Å²) in [7, 11) is 0. The van der Waals surface area contributed by atoms with E-state index < -0.39 is 17.4 Å². The number of aromatic hydroxyl groups is 1. The van der Waals surface area contributed by atoms with Crippen LogP contribution >= 0.6 is 0 Å². The Bertz CT molecular complexity index is 337. The van der Waals surface area contributed by atoms with Gasteiger partial charge in [-0.05, 0) is 19.0 Å². The summed E-state index contributed by atoms with van der Waals surface area (Å²) in [5.74, 6) is -2.75. The number of benzene rings is 1. The van der Waals surface area contributed by atoms with Gasteiger partial charge in [-0.2, -0.15) is 4.39 Å². The lowest BCUT2D eigenvalue weighted by molar-refractivity contribution is 0.353. The van der Waals surface area contributed by atoms with Crippen LogP contribution in [0.2, 0.25) is 0 Å². The molecular formula is C9H9F2NO. The van der Waals surface area contributed by atoms with Crippen molar-refractivity contribution < 1.29 is 13.9 Å². The van der Waals surface area contributed by atoms with Gasteiger partial charge in [0.1, 0.15) is 0 Å². The Hall–Kier alpha value is -1.16. The van der Waals surface area contributed by atoms with Crippen molar-refractivity contribution in [1.29, 1.82) is 0 Å². The Morgan fingerprint density at radius 3 is 2.54 bits per heavy atom. The van der Waals surface area contributed by atoms with Crippen LogP contribution in [0.1, 0.15) is 18.0 Å². The molecule has 1 heterocycles. The fourth-order valence-electron chi connectivity index (χ4n) is 1.38. The average Bonchev–Trinajstić information content (AvgIpc) is 2.03. The van der Waals surface area contributed by atoms with Crippen LogP contribution in [0.25, 0.3) is 0 Å². The first kappa shape index (κ1) is 8.44. The molecule has 0 radical (unpaired) electrons. The highest BCUT2D eigenvalue weighted by Crippen LogP contribution is 2.29. The lowest BCUT2D eigenvalue weighted by atomic mass is 9.97. The zero-order valence-corrected chi connectivity index (χ0v) is 6.85. The minimum absolute atomic E-state index is 0.102. The Kier molecular flexibility index (Phi) is 1.92. The Morgan fingerprint density at radius 1 is 1.31 bits per heavy atom. The van der Waals surface area contributed by atoms with E-state index in [2.05, 4.69) is 5.32 Å². The average molecular weight is 185 g/mol. The van der Waals surface area contributed by atoms with Crippen molar-refractivity contribution in [2.45, 2.75) is 12.5 Å². The standard InChI is InChI=1S/C9H9F2NO/c10-8-5(6-3-4-12-6)1-2-7(13)9(8)11/h1-2,6,12-13H,3-4H2. The summed E-state index contributed by atoms with van der Waals surface area (Å²) in [6, 6.07) is 2.48. The minimum Gasteiger partial charge on any atom is -0.505 e. The molecule has 1 aromatic rings. The van der Waals surface area contributed by atoms with Gasteiger partial charge in [-0.1, -0.05) is 6.07 Å². The van der Waals surface area contributed by atoms with Crippen LogP contribution in [0.15, 0.2) is 12.1 Å². The molecule has 0 amide bonds. The molecule has 2 nitrogen and oxygen atoms in total. The van der Waals surface area contributed by atoms with Crippen LogP contribution in [-0.4, -0.2) is 11.7 Å². The van der Waals surface area contributed by atoms with Crippen molar-refractivity contribution in [2.75, 3.05) is 6.54 Å². The van der Waals surface area contributed by atoms with Gasteiger partial charge in [0.15, 0.2) is 11.6 Å². The van der Waals surface area contributed by atoms with E-state index in [1.54, 1.807) is 0 Å². The van der Waals surface area contributed by atoms with Crippen molar-refractivity contribution in [1.82, 2.24) is 5.32 Å². The highest BCUT2D eigenvalue weighted by atomic mass is 19.2. The molecule has 1 unspecified atom stereocenters. The third kappa shape index (κ3) is 1.27. The number of phenols is 1. The Labute approximate surface area is 74.2 Å². The first-order valence-electron chi connectivity index (χ1n) is 4.10. The Morgan fingerprint density at radius 2 is 2.00 bits per heavy atom. The number of rotatable bonds is 1. The lowest BCUT2D eigenvalue weighted by Crippen LogP contribution is -2.35. The molecule has 4 heteroatoms. The summed E-state index contributed by atoms with van der Waals surface area (Å²) in [6.07, 6.45) is 0.807. The van der Waals surface area contributed by atoms with Crippen molar-refractivity contribution in [3.05, 3.63) is 29.3 Å². The first-order valence-corrected chi connectivity index (χ1v) is 4.10. The van der Waals surface area contributed by atoms with Gasteiger partial charge in [-0.3, -0.25) is 0 Å². The van der Waals surface area contributed by atoms with Gasteiger partial charge >= 0.3 is 0 Å². The second-order valence-electron chi connectivity index (χ2n) is 3.10. The van der Waals surface area contributed by atoms with Gasteiger partial charge in [0.25, 0.3) is 0 Å². The molecule has 2 rings (SSSR count). The molecule has 1 aliphatic rings. The minimum atomic E-state index is -1.16. The summed E-state index contributed by atoms with van der Waals surface area (Å²) < 4.78 is 26.0. The number of phenolic OH excluding ortho intramolecular Hbond substituents is 1. The second-order valence-corrected chi connectivity index (χ2v) is 3.10. The first-order chi connectivity index (χ1) is 6.20. The van der Waals surface area contributed by atoms with Crippen LogP contribution in [0.5, 0.6) is 5.75 Å². The van der Waals surface area contributed by atoms with E-state index in [0.717, 1.165) is 13.0 Å². The molecule has 1 aromatic carbocycles. The summed E-state index contributed by atoms with van der Waals surface area (Å²) >= 11 is 0. The van der Waals surface area contributed by atoms with Crippen LogP contribution in [0, 0.1) is 11.6 Å². The van der Waals surface area contributed by atoms with Crippen LogP contribution < -0.4 is 5.32 Å². The topological polar surface area (TPSA) is 32.3 Å². The van der Waals surface area contributed by atoms with Crippen LogP contribution in [-0.2, 0) is 0 Å². The van der Waals surface area contributed by atoms with E-state index in [9.17, 15) is 8.78 Å². The molecule has 70 valence electrons. The number of halogens is 2. The molecular weight excluding hydrogens is 176 g/mol. The van der Waals surface area contributed by atoms with E-state index in [0.29, 0.717) is 5.56 Å². The molecule has 0 bridgehead atoms. The third-order valence-electron chi connectivity index (χ3n) is 2.29. The third-order valence-corrected chi connectivity index (χ3v) is 2.29. The molecule has 0 saturated carbocycles. The summed E-state index contributed by atoms with van der Waals surface area (Å²) in [5.41, 5.74) is 0.293. The monoisotopic (exact) mass is 185 g/mol. The maximum Gasteiger partial charge on any atom is 0.200 e. The van der Waals surface area contributed by atoms with E-state index in [1.807, 2.05) is 0 Å². The van der Waals surface area contributed by atoms with Gasteiger partial charge in [0.2, 0.25) is 5.82 Å². The SMILES string of the molecule is Oc1ccc(C2CCN2)c(F)c1F. The largest absolute Gasteiger partial charge is 0.505 e. The van der Waals surface area contributed by atoms with Crippen LogP contribution in [0.4, 0.5) is 8.78 Å². The van der Waals surface area contributed by atoms with E-state index in [-0.39, 0.29) is 6.04 Å². The smallest absolute Gasteiger partial charge is 0.200 e. The molecule has 1 saturated heterocycles. The normalized spacial score (nSPS) is 21.2. The fraction of sp³-hybridized carbons (Fsp3) is 0.333. The highest BCUT2D eigenvalue weighted by Gasteiger charge is 2.24. The van der Waals surface area contributed by atoms with Crippen molar-refractivity contribution in [2.24, 2.45) is 0 Å². The summed E-state index contributed by atoms with van der Waals surface area (Å²) in [4.78, 5) is 0. The predicted octanol–water partition coefficient (Wildman–Crippen LogP) is 1.70. The molecule has 2 N–H and O–H groups in total. The highest BCUT2D eigenvalue weighted by molar-refractivity contribution is 5.32. The van der Waals surface area contributed by atoms with Gasteiger partial charge in [0.05, 0.1) is 0 Å². The van der Waals surface area contributed by atoms with Crippen molar-refractivity contribution in [3.8, 4) is 5.75 Å². The van der Waals surface area contributed by atoms with Gasteiger partial charge in [-0.25, -0.2) is 4.39 Å². The lowest BCUT2D eigenvalue weighted by Gasteiger charge is -2.28. The quantitative estimate of drug-likeness (QED) is 0.698. The van der Waals surface area contributed by atoms with E-state index in [1.165, 1.54) is 12.1 Å². The molecule has 0 aliphatic carbocycles. The molecule has 1 aliphatic heterocycles. The van der Waals surface area contributed by atoms with Gasteiger partial charge < -0.3 is 10.4 Å². The number of nitrogens with one attached hydrogen (secondary N) is 1. The zero-order valence-electron chi connectivity index (χ0n) is 6.85. The molecule has 1 atom stereocenters. The van der Waals surface area contributed by atoms with Gasteiger partial charge in [-0.15, -0.1) is 0 Å². The predicted molar refractivity (Wildman–Crippen MR) is 43.4 cm³/mol. The molecule has 0 aromatic heterocycles. The van der Waals surface area contributed by atoms with E-state index >= 15 is 0 Å². The maximum absolute atomic E-state index is 13.2. The molecule has 0 spiro atoms. The van der Waals surface area contributed by atoms with Crippen molar-refractivity contribution >= 4 is 0 Å². The van der Waals surface area contributed by atoms with Crippen molar-refractivity contribution in [3.63, 3.8) is 0 Å². The molecule has 1 fully saturated rings. The fourth-order valence-corrected chi connectivity index (χ4v) is 1.38. The summed E-state index contributed by atoms with van der Waals surface area (Å²) in [6.45, 7) is 0.826. The Balaban J connectivity index is 2.41. The zero-order chi connectivity index (χ0) is 9.42. The second kappa shape index (κ2) is 2.96. The summed E-state index contributed by atoms with van der Waals surface area (Å²) in [5, 5.41) is 11.8.